The number of rotatable bonds is 7. The maximum Gasteiger partial charge on any atom is 0.255 e. The van der Waals surface area contributed by atoms with Gasteiger partial charge in [0.2, 0.25) is 5.91 Å². The van der Waals surface area contributed by atoms with Gasteiger partial charge in [-0.05, 0) is 55.3 Å². The Hall–Kier alpha value is -4.53. The zero-order valence-electron chi connectivity index (χ0n) is 20.2. The second-order valence-electron chi connectivity index (χ2n) is 8.43. The van der Waals surface area contributed by atoms with Crippen LogP contribution < -0.4 is 25.0 Å². The Morgan fingerprint density at radius 2 is 1.69 bits per heavy atom. The van der Waals surface area contributed by atoms with Crippen molar-refractivity contribution in [3.8, 4) is 17.2 Å². The number of ether oxygens (including phenoxy) is 2. The van der Waals surface area contributed by atoms with Gasteiger partial charge in [0.25, 0.3) is 11.8 Å². The van der Waals surface area contributed by atoms with Gasteiger partial charge in [-0.15, -0.1) is 0 Å². The van der Waals surface area contributed by atoms with E-state index in [9.17, 15) is 19.5 Å². The number of phenols is 1. The highest BCUT2D eigenvalue weighted by Crippen LogP contribution is 2.27. The maximum atomic E-state index is 12.9. The molecule has 1 heterocycles. The maximum absolute atomic E-state index is 12.9. The fourth-order valence-electron chi connectivity index (χ4n) is 4.05. The molecule has 9 nitrogen and oxygen atoms in total. The van der Waals surface area contributed by atoms with Crippen molar-refractivity contribution in [2.45, 2.75) is 19.4 Å². The van der Waals surface area contributed by atoms with Crippen LogP contribution in [0, 0.1) is 6.92 Å². The molecule has 1 fully saturated rings. The number of nitrogens with one attached hydrogen (secondary N) is 2. The van der Waals surface area contributed by atoms with E-state index in [2.05, 4.69) is 10.6 Å². The molecule has 1 aliphatic heterocycles. The minimum absolute atomic E-state index is 0.00199. The van der Waals surface area contributed by atoms with E-state index < -0.39 is 17.9 Å². The van der Waals surface area contributed by atoms with Crippen LogP contribution in [-0.4, -0.2) is 49.6 Å². The van der Waals surface area contributed by atoms with Crippen LogP contribution in [-0.2, 0) is 4.79 Å². The van der Waals surface area contributed by atoms with E-state index in [0.29, 0.717) is 35.7 Å². The van der Waals surface area contributed by atoms with Crippen molar-refractivity contribution in [3.05, 3.63) is 77.4 Å². The van der Waals surface area contributed by atoms with E-state index in [4.69, 9.17) is 9.47 Å². The molecule has 1 atom stereocenters. The number of methoxy groups -OCH3 is 2. The average Bonchev–Trinajstić information content (AvgIpc) is 3.23. The van der Waals surface area contributed by atoms with Gasteiger partial charge in [0.1, 0.15) is 23.3 Å². The summed E-state index contributed by atoms with van der Waals surface area (Å²) >= 11 is 0. The SMILES string of the molecule is COc1cc(OC)cc(C(=O)Nc2ccc(C(=O)NC3CCN(c4cccc(C)c4)C3=O)c(O)c2)c1. The third-order valence-corrected chi connectivity index (χ3v) is 5.94. The van der Waals surface area contributed by atoms with Gasteiger partial charge < -0.3 is 30.1 Å². The molecular weight excluding hydrogens is 462 g/mol. The topological polar surface area (TPSA) is 117 Å². The van der Waals surface area contributed by atoms with Crippen LogP contribution in [0.1, 0.15) is 32.7 Å². The lowest BCUT2D eigenvalue weighted by molar-refractivity contribution is -0.118. The molecule has 36 heavy (non-hydrogen) atoms. The van der Waals surface area contributed by atoms with Crippen LogP contribution in [0.5, 0.6) is 17.2 Å². The number of aryl methyl sites for hydroxylation is 1. The minimum atomic E-state index is -0.695. The van der Waals surface area contributed by atoms with E-state index in [1.54, 1.807) is 23.1 Å². The standard InChI is InChI=1S/C27H27N3O6/c1-16-5-4-6-19(11-16)30-10-9-23(27(30)34)29-26(33)22-8-7-18(14-24(22)31)28-25(32)17-12-20(35-2)15-21(13-17)36-3/h4-8,11-15,23,31H,9-10H2,1-3H3,(H,28,32)(H,29,33). The van der Waals surface area contributed by atoms with Crippen LogP contribution in [0.25, 0.3) is 0 Å². The molecule has 0 saturated carbocycles. The number of aromatic hydroxyl groups is 1. The van der Waals surface area contributed by atoms with Gasteiger partial charge >= 0.3 is 0 Å². The Kier molecular flexibility index (Phi) is 7.10. The largest absolute Gasteiger partial charge is 0.507 e. The van der Waals surface area contributed by atoms with Crippen molar-refractivity contribution >= 4 is 29.1 Å². The lowest BCUT2D eigenvalue weighted by Crippen LogP contribution is -2.41. The van der Waals surface area contributed by atoms with Crippen LogP contribution in [0.4, 0.5) is 11.4 Å². The highest BCUT2D eigenvalue weighted by atomic mass is 16.5. The molecule has 4 rings (SSSR count). The minimum Gasteiger partial charge on any atom is -0.507 e. The van der Waals surface area contributed by atoms with Crippen molar-refractivity contribution in [2.24, 2.45) is 0 Å². The lowest BCUT2D eigenvalue weighted by Gasteiger charge is -2.18. The van der Waals surface area contributed by atoms with Crippen molar-refractivity contribution in [2.75, 3.05) is 31.0 Å². The summed E-state index contributed by atoms with van der Waals surface area (Å²) in [5, 5.41) is 15.8. The van der Waals surface area contributed by atoms with E-state index in [1.165, 1.54) is 32.4 Å². The molecule has 9 heteroatoms. The molecule has 0 aliphatic carbocycles. The van der Waals surface area contributed by atoms with Crippen molar-refractivity contribution in [3.63, 3.8) is 0 Å². The predicted molar refractivity (Wildman–Crippen MR) is 135 cm³/mol. The average molecular weight is 490 g/mol. The number of carbonyl (C=O) groups is 3. The van der Waals surface area contributed by atoms with E-state index in [1.807, 2.05) is 31.2 Å². The Labute approximate surface area is 208 Å². The second-order valence-corrected chi connectivity index (χ2v) is 8.43. The summed E-state index contributed by atoms with van der Waals surface area (Å²) in [6, 6.07) is 15.8. The first-order valence-corrected chi connectivity index (χ1v) is 11.4. The Bertz CT molecular complexity index is 1300. The number of carbonyl (C=O) groups excluding carboxylic acids is 3. The van der Waals surface area contributed by atoms with Gasteiger partial charge in [-0.25, -0.2) is 0 Å². The molecule has 1 saturated heterocycles. The van der Waals surface area contributed by atoms with E-state index in [0.717, 1.165) is 11.3 Å². The zero-order chi connectivity index (χ0) is 25.8. The highest BCUT2D eigenvalue weighted by molar-refractivity contribution is 6.07. The third-order valence-electron chi connectivity index (χ3n) is 5.94. The van der Waals surface area contributed by atoms with Gasteiger partial charge in [-0.1, -0.05) is 12.1 Å². The summed E-state index contributed by atoms with van der Waals surface area (Å²) < 4.78 is 10.4. The first-order chi connectivity index (χ1) is 17.3. The van der Waals surface area contributed by atoms with Gasteiger partial charge in [0, 0.05) is 35.6 Å². The van der Waals surface area contributed by atoms with Gasteiger partial charge in [0.15, 0.2) is 0 Å². The van der Waals surface area contributed by atoms with Crippen molar-refractivity contribution in [1.29, 1.82) is 0 Å². The molecule has 0 bridgehead atoms. The van der Waals surface area contributed by atoms with E-state index in [-0.39, 0.29) is 17.2 Å². The summed E-state index contributed by atoms with van der Waals surface area (Å²) in [6.07, 6.45) is 0.456. The molecule has 1 unspecified atom stereocenters. The van der Waals surface area contributed by atoms with Crippen molar-refractivity contribution < 1.29 is 29.0 Å². The molecule has 186 valence electrons. The molecular formula is C27H27N3O6. The van der Waals surface area contributed by atoms with Gasteiger partial charge in [-0.2, -0.15) is 0 Å². The smallest absolute Gasteiger partial charge is 0.255 e. The Morgan fingerprint density at radius 1 is 0.972 bits per heavy atom. The summed E-state index contributed by atoms with van der Waals surface area (Å²) in [5.74, 6) is -0.641. The fraction of sp³-hybridized carbons (Fsp3) is 0.222. The third kappa shape index (κ3) is 5.25. The Balaban J connectivity index is 1.42. The molecule has 0 aromatic heterocycles. The van der Waals surface area contributed by atoms with Crippen LogP contribution >= 0.6 is 0 Å². The molecule has 1 aliphatic rings. The van der Waals surface area contributed by atoms with Gasteiger partial charge in [0.05, 0.1) is 19.8 Å². The zero-order valence-corrected chi connectivity index (χ0v) is 20.2. The second kappa shape index (κ2) is 10.4. The van der Waals surface area contributed by atoms with E-state index >= 15 is 0 Å². The van der Waals surface area contributed by atoms with Crippen molar-refractivity contribution in [1.82, 2.24) is 5.32 Å². The monoisotopic (exact) mass is 489 g/mol. The predicted octanol–water partition coefficient (Wildman–Crippen LogP) is 3.51. The molecule has 0 radical (unpaired) electrons. The fourth-order valence-corrected chi connectivity index (χ4v) is 4.05. The lowest BCUT2D eigenvalue weighted by atomic mass is 10.1. The summed E-state index contributed by atoms with van der Waals surface area (Å²) in [7, 11) is 2.97. The molecule has 3 aromatic carbocycles. The summed E-state index contributed by atoms with van der Waals surface area (Å²) in [6.45, 7) is 2.44. The summed E-state index contributed by atoms with van der Waals surface area (Å²) in [4.78, 5) is 40.0. The number of amides is 3. The quantitative estimate of drug-likeness (QED) is 0.468. The first kappa shape index (κ1) is 24.6. The number of nitrogens with zero attached hydrogens (tertiary/aromatic N) is 1. The highest BCUT2D eigenvalue weighted by Gasteiger charge is 2.34. The molecule has 0 spiro atoms. The number of hydrogen-bond acceptors (Lipinski definition) is 6. The molecule has 3 aromatic rings. The number of anilines is 2. The van der Waals surface area contributed by atoms with Crippen LogP contribution in [0.2, 0.25) is 0 Å². The molecule has 3 N–H and O–H groups in total. The molecule has 3 amide bonds. The van der Waals surface area contributed by atoms with Crippen LogP contribution in [0.15, 0.2) is 60.7 Å². The first-order valence-electron chi connectivity index (χ1n) is 11.4. The number of phenolic OH excluding ortho intramolecular Hbond substituents is 1. The van der Waals surface area contributed by atoms with Crippen LogP contribution in [0.3, 0.4) is 0 Å². The normalized spacial score (nSPS) is 14.9. The number of hydrogen-bond donors (Lipinski definition) is 3. The number of benzene rings is 3. The van der Waals surface area contributed by atoms with Gasteiger partial charge in [-0.3, -0.25) is 14.4 Å². The summed E-state index contributed by atoms with van der Waals surface area (Å²) in [5.41, 5.74) is 2.41. The Morgan fingerprint density at radius 3 is 2.33 bits per heavy atom.